The smallest absolute Gasteiger partial charge is 0.0662 e. The van der Waals surface area contributed by atoms with E-state index in [4.69, 9.17) is 5.26 Å². The Balaban J connectivity index is 2.22. The van der Waals surface area contributed by atoms with Crippen LogP contribution >= 0.6 is 0 Å². The van der Waals surface area contributed by atoms with Gasteiger partial charge in [0.15, 0.2) is 0 Å². The maximum atomic E-state index is 8.60. The zero-order valence-corrected chi connectivity index (χ0v) is 5.25. The Bertz CT molecular complexity index is 187. The van der Waals surface area contributed by atoms with Gasteiger partial charge in [-0.1, -0.05) is 12.2 Å². The highest BCUT2D eigenvalue weighted by molar-refractivity contribution is 5.14. The lowest BCUT2D eigenvalue weighted by Crippen LogP contribution is -2.02. The highest BCUT2D eigenvalue weighted by atomic mass is 14.4. The zero-order valence-electron chi connectivity index (χ0n) is 5.25. The molecule has 0 amide bonds. The fourth-order valence-corrected chi connectivity index (χ4v) is 1.93. The van der Waals surface area contributed by atoms with Gasteiger partial charge >= 0.3 is 0 Å². The normalized spacial score (nSPS) is 45.4. The third-order valence-electron chi connectivity index (χ3n) is 2.44. The molecule has 1 nitrogen and oxygen atoms in total. The predicted molar refractivity (Wildman–Crippen MR) is 34.5 cm³/mol. The number of fused-ring (bicyclic) bond motifs is 2. The van der Waals surface area contributed by atoms with Crippen molar-refractivity contribution in [1.82, 2.24) is 0 Å². The van der Waals surface area contributed by atoms with Crippen molar-refractivity contribution in [1.29, 1.82) is 5.26 Å². The van der Waals surface area contributed by atoms with Crippen LogP contribution in [0.15, 0.2) is 12.2 Å². The molecule has 0 spiro atoms. The van der Waals surface area contributed by atoms with Gasteiger partial charge in [-0.3, -0.25) is 0 Å². The van der Waals surface area contributed by atoms with Crippen molar-refractivity contribution in [2.75, 3.05) is 0 Å². The van der Waals surface area contributed by atoms with E-state index in [1.807, 2.05) is 0 Å². The van der Waals surface area contributed by atoms with Crippen molar-refractivity contribution in [2.45, 2.75) is 12.8 Å². The Morgan fingerprint density at radius 2 is 2.22 bits per heavy atom. The van der Waals surface area contributed by atoms with E-state index in [0.29, 0.717) is 11.8 Å². The van der Waals surface area contributed by atoms with Crippen LogP contribution in [0.5, 0.6) is 0 Å². The van der Waals surface area contributed by atoms with Gasteiger partial charge in [-0.25, -0.2) is 0 Å². The first-order valence-corrected chi connectivity index (χ1v) is 3.48. The van der Waals surface area contributed by atoms with Crippen molar-refractivity contribution < 1.29 is 0 Å². The number of hydrogen-bond acceptors (Lipinski definition) is 1. The molecule has 2 aliphatic carbocycles. The molecule has 0 radical (unpaired) electrons. The van der Waals surface area contributed by atoms with E-state index in [0.717, 1.165) is 12.3 Å². The molecular formula is C8H9N. The largest absolute Gasteiger partial charge is 0.198 e. The Hall–Kier alpha value is -0.770. The summed E-state index contributed by atoms with van der Waals surface area (Å²) < 4.78 is 0. The van der Waals surface area contributed by atoms with Gasteiger partial charge in [0.2, 0.25) is 0 Å². The first kappa shape index (κ1) is 5.05. The van der Waals surface area contributed by atoms with Crippen LogP contribution in [0.3, 0.4) is 0 Å². The van der Waals surface area contributed by atoms with E-state index in [1.54, 1.807) is 0 Å². The lowest BCUT2D eigenvalue weighted by molar-refractivity contribution is 0.563. The van der Waals surface area contributed by atoms with Crippen LogP contribution in [0.1, 0.15) is 12.8 Å². The Labute approximate surface area is 55.0 Å². The summed E-state index contributed by atoms with van der Waals surface area (Å²) in [6.07, 6.45) is 6.84. The molecule has 0 N–H and O–H groups in total. The third-order valence-corrected chi connectivity index (χ3v) is 2.44. The molecule has 1 fully saturated rings. The lowest BCUT2D eigenvalue weighted by atomic mass is 9.95. The second-order valence-corrected chi connectivity index (χ2v) is 3.02. The summed E-state index contributed by atoms with van der Waals surface area (Å²) in [4.78, 5) is 0. The second-order valence-electron chi connectivity index (χ2n) is 3.02. The van der Waals surface area contributed by atoms with Gasteiger partial charge < -0.3 is 0 Å². The Kier molecular flexibility index (Phi) is 0.900. The van der Waals surface area contributed by atoms with Crippen molar-refractivity contribution in [2.24, 2.45) is 17.8 Å². The number of nitriles is 1. The molecule has 2 bridgehead atoms. The molecule has 1 unspecified atom stereocenters. The Morgan fingerprint density at radius 3 is 2.56 bits per heavy atom. The molecule has 0 aromatic heterocycles. The van der Waals surface area contributed by atoms with Crippen LogP contribution < -0.4 is 0 Å². The van der Waals surface area contributed by atoms with Gasteiger partial charge in [0.05, 0.1) is 12.0 Å². The van der Waals surface area contributed by atoms with Crippen LogP contribution in [0.4, 0.5) is 0 Å². The molecule has 2 aliphatic rings. The van der Waals surface area contributed by atoms with E-state index in [9.17, 15) is 0 Å². The molecule has 1 heteroatoms. The number of rotatable bonds is 0. The Morgan fingerprint density at radius 1 is 1.33 bits per heavy atom. The van der Waals surface area contributed by atoms with Gasteiger partial charge in [0.25, 0.3) is 0 Å². The van der Waals surface area contributed by atoms with Gasteiger partial charge in [-0.2, -0.15) is 5.26 Å². The van der Waals surface area contributed by atoms with E-state index in [-0.39, 0.29) is 0 Å². The summed E-state index contributed by atoms with van der Waals surface area (Å²) in [5, 5.41) is 8.60. The van der Waals surface area contributed by atoms with Crippen molar-refractivity contribution >= 4 is 0 Å². The van der Waals surface area contributed by atoms with E-state index >= 15 is 0 Å². The monoisotopic (exact) mass is 119 g/mol. The van der Waals surface area contributed by atoms with E-state index in [1.165, 1.54) is 6.42 Å². The van der Waals surface area contributed by atoms with Crippen LogP contribution in [0.25, 0.3) is 0 Å². The SMILES string of the molecule is N#C[C@H]1CC2C=C[C@H]1C2. The quantitative estimate of drug-likeness (QED) is 0.445. The second kappa shape index (κ2) is 1.60. The highest BCUT2D eigenvalue weighted by Gasteiger charge is 2.35. The molecule has 0 aromatic rings. The van der Waals surface area contributed by atoms with Gasteiger partial charge in [-0.05, 0) is 24.7 Å². The van der Waals surface area contributed by atoms with Crippen molar-refractivity contribution in [3.05, 3.63) is 12.2 Å². The van der Waals surface area contributed by atoms with Crippen molar-refractivity contribution in [3.8, 4) is 6.07 Å². The lowest BCUT2D eigenvalue weighted by Gasteiger charge is -2.06. The number of allylic oxidation sites excluding steroid dienone is 2. The highest BCUT2D eigenvalue weighted by Crippen LogP contribution is 2.42. The fourth-order valence-electron chi connectivity index (χ4n) is 1.93. The van der Waals surface area contributed by atoms with Crippen LogP contribution in [-0.4, -0.2) is 0 Å². The summed E-state index contributed by atoms with van der Waals surface area (Å²) >= 11 is 0. The average molecular weight is 119 g/mol. The first-order valence-electron chi connectivity index (χ1n) is 3.48. The minimum absolute atomic E-state index is 0.347. The molecular weight excluding hydrogens is 110 g/mol. The molecule has 0 aliphatic heterocycles. The van der Waals surface area contributed by atoms with E-state index in [2.05, 4.69) is 18.2 Å². The van der Waals surface area contributed by atoms with Crippen molar-refractivity contribution in [3.63, 3.8) is 0 Å². The molecule has 3 atom stereocenters. The maximum absolute atomic E-state index is 8.60. The summed E-state index contributed by atoms with van der Waals surface area (Å²) in [5.41, 5.74) is 0. The van der Waals surface area contributed by atoms with Crippen LogP contribution in [-0.2, 0) is 0 Å². The van der Waals surface area contributed by atoms with E-state index < -0.39 is 0 Å². The molecule has 46 valence electrons. The number of hydrogen-bond donors (Lipinski definition) is 0. The standard InChI is InChI=1S/C8H9N/c9-5-8-4-6-1-2-7(8)3-6/h1-2,6-8H,3-4H2/t6?,7-,8+/m0/s1. The molecule has 2 rings (SSSR count). The fraction of sp³-hybridized carbons (Fsp3) is 0.625. The summed E-state index contributed by atoms with van der Waals surface area (Å²) in [7, 11) is 0. The van der Waals surface area contributed by atoms with Gasteiger partial charge in [0, 0.05) is 0 Å². The molecule has 9 heavy (non-hydrogen) atoms. The summed E-state index contributed by atoms with van der Waals surface area (Å²) in [6, 6.07) is 2.34. The zero-order chi connectivity index (χ0) is 6.27. The number of nitrogens with zero attached hydrogens (tertiary/aromatic N) is 1. The molecule has 1 saturated carbocycles. The van der Waals surface area contributed by atoms with Gasteiger partial charge in [0.1, 0.15) is 0 Å². The van der Waals surface area contributed by atoms with Crippen LogP contribution in [0, 0.1) is 29.1 Å². The van der Waals surface area contributed by atoms with Gasteiger partial charge in [-0.15, -0.1) is 0 Å². The summed E-state index contributed by atoms with van der Waals surface area (Å²) in [5.74, 6) is 1.71. The van der Waals surface area contributed by atoms with Crippen LogP contribution in [0.2, 0.25) is 0 Å². The predicted octanol–water partition coefficient (Wildman–Crippen LogP) is 1.72. The molecule has 0 aromatic carbocycles. The average Bonchev–Trinajstić information content (AvgIpc) is 2.45. The maximum Gasteiger partial charge on any atom is 0.0662 e. The third kappa shape index (κ3) is 0.595. The minimum atomic E-state index is 0.347. The summed E-state index contributed by atoms with van der Waals surface area (Å²) in [6.45, 7) is 0. The topological polar surface area (TPSA) is 23.8 Å². The molecule has 0 saturated heterocycles. The molecule has 0 heterocycles. The first-order chi connectivity index (χ1) is 4.40. The minimum Gasteiger partial charge on any atom is -0.198 e.